The van der Waals surface area contributed by atoms with E-state index < -0.39 is 0 Å². The molecule has 1 saturated heterocycles. The molecular weight excluding hydrogens is 238 g/mol. The zero-order valence-electron chi connectivity index (χ0n) is 10.3. The summed E-state index contributed by atoms with van der Waals surface area (Å²) in [6.45, 7) is 6.64. The van der Waals surface area contributed by atoms with E-state index in [4.69, 9.17) is 16.3 Å². The maximum absolute atomic E-state index is 6.13. The molecular formula is C12H18ClN3O. The molecule has 4 nitrogen and oxygen atoms in total. The lowest BCUT2D eigenvalue weighted by Crippen LogP contribution is -2.46. The Bertz CT molecular complexity index is 386. The number of rotatable bonds is 3. The maximum Gasteiger partial charge on any atom is 0.137 e. The van der Waals surface area contributed by atoms with Gasteiger partial charge in [-0.05, 0) is 12.8 Å². The average molecular weight is 256 g/mol. The number of nitrogens with zero attached hydrogens (tertiary/aromatic N) is 3. The SMILES string of the molecule is CCc1c(Cl)ncnc1N1CCOCC1CC. The summed E-state index contributed by atoms with van der Waals surface area (Å²) < 4.78 is 5.51. The van der Waals surface area contributed by atoms with Gasteiger partial charge < -0.3 is 9.64 Å². The standard InChI is InChI=1S/C12H18ClN3O/c1-3-9-7-17-6-5-16(9)12-10(4-2)11(13)14-8-15-12/h8-9H,3-7H2,1-2H3. The van der Waals surface area contributed by atoms with Gasteiger partial charge in [0.25, 0.3) is 0 Å². The van der Waals surface area contributed by atoms with Gasteiger partial charge in [-0.15, -0.1) is 0 Å². The lowest BCUT2D eigenvalue weighted by atomic mass is 10.1. The van der Waals surface area contributed by atoms with E-state index >= 15 is 0 Å². The third-order valence-corrected chi connectivity index (χ3v) is 3.52. The van der Waals surface area contributed by atoms with Gasteiger partial charge in [0.05, 0.1) is 19.3 Å². The zero-order valence-corrected chi connectivity index (χ0v) is 11.1. The van der Waals surface area contributed by atoms with E-state index in [1.807, 2.05) is 0 Å². The van der Waals surface area contributed by atoms with Crippen molar-refractivity contribution in [2.45, 2.75) is 32.7 Å². The first-order valence-corrected chi connectivity index (χ1v) is 6.49. The fourth-order valence-corrected chi connectivity index (χ4v) is 2.47. The van der Waals surface area contributed by atoms with Crippen molar-refractivity contribution in [3.8, 4) is 0 Å². The third kappa shape index (κ3) is 2.53. The highest BCUT2D eigenvalue weighted by atomic mass is 35.5. The summed E-state index contributed by atoms with van der Waals surface area (Å²) in [5, 5.41) is 0.568. The molecule has 1 aromatic heterocycles. The quantitative estimate of drug-likeness (QED) is 0.777. The minimum absolute atomic E-state index is 0.389. The smallest absolute Gasteiger partial charge is 0.137 e. The molecule has 0 radical (unpaired) electrons. The van der Waals surface area contributed by atoms with Gasteiger partial charge in [-0.3, -0.25) is 0 Å². The van der Waals surface area contributed by atoms with Crippen molar-refractivity contribution in [3.63, 3.8) is 0 Å². The molecule has 2 rings (SSSR count). The fourth-order valence-electron chi connectivity index (χ4n) is 2.21. The van der Waals surface area contributed by atoms with Crippen LogP contribution in [-0.4, -0.2) is 35.8 Å². The Morgan fingerprint density at radius 3 is 3.00 bits per heavy atom. The molecule has 1 aromatic rings. The zero-order chi connectivity index (χ0) is 12.3. The van der Waals surface area contributed by atoms with E-state index in [1.54, 1.807) is 6.33 Å². The third-order valence-electron chi connectivity index (χ3n) is 3.19. The lowest BCUT2D eigenvalue weighted by molar-refractivity contribution is 0.0924. The second-order valence-electron chi connectivity index (χ2n) is 4.15. The Labute approximate surface area is 107 Å². The van der Waals surface area contributed by atoms with E-state index in [0.717, 1.165) is 44.0 Å². The van der Waals surface area contributed by atoms with Crippen molar-refractivity contribution >= 4 is 17.4 Å². The number of hydrogen-bond acceptors (Lipinski definition) is 4. The van der Waals surface area contributed by atoms with Crippen LogP contribution in [0.2, 0.25) is 5.15 Å². The van der Waals surface area contributed by atoms with Crippen molar-refractivity contribution in [2.75, 3.05) is 24.7 Å². The molecule has 1 atom stereocenters. The number of morpholine rings is 1. The Morgan fingerprint density at radius 1 is 1.47 bits per heavy atom. The van der Waals surface area contributed by atoms with Crippen LogP contribution in [0.1, 0.15) is 25.8 Å². The summed E-state index contributed by atoms with van der Waals surface area (Å²) in [4.78, 5) is 10.8. The number of anilines is 1. The number of ether oxygens (including phenoxy) is 1. The predicted octanol–water partition coefficient (Wildman–Crippen LogP) is 2.31. The lowest BCUT2D eigenvalue weighted by Gasteiger charge is -2.37. The molecule has 0 saturated carbocycles. The second kappa shape index (κ2) is 5.65. The van der Waals surface area contributed by atoms with Gasteiger partial charge in [0.1, 0.15) is 17.3 Å². The van der Waals surface area contributed by atoms with Gasteiger partial charge in [-0.25, -0.2) is 9.97 Å². The summed E-state index contributed by atoms with van der Waals surface area (Å²) in [7, 11) is 0. The Balaban J connectivity index is 2.34. The first kappa shape index (κ1) is 12.6. The highest BCUT2D eigenvalue weighted by Crippen LogP contribution is 2.27. The summed E-state index contributed by atoms with van der Waals surface area (Å²) in [5.41, 5.74) is 1.04. The first-order valence-electron chi connectivity index (χ1n) is 6.11. The molecule has 94 valence electrons. The monoisotopic (exact) mass is 255 g/mol. The molecule has 0 N–H and O–H groups in total. The van der Waals surface area contributed by atoms with Gasteiger partial charge in [0, 0.05) is 12.1 Å². The Morgan fingerprint density at radius 2 is 2.29 bits per heavy atom. The summed E-state index contributed by atoms with van der Waals surface area (Å²) in [6.07, 6.45) is 3.44. The van der Waals surface area contributed by atoms with E-state index in [-0.39, 0.29) is 0 Å². The van der Waals surface area contributed by atoms with Crippen LogP contribution in [0, 0.1) is 0 Å². The van der Waals surface area contributed by atoms with Crippen LogP contribution in [-0.2, 0) is 11.2 Å². The van der Waals surface area contributed by atoms with Crippen molar-refractivity contribution in [2.24, 2.45) is 0 Å². The average Bonchev–Trinajstić information content (AvgIpc) is 2.38. The molecule has 1 aliphatic heterocycles. The van der Waals surface area contributed by atoms with Gasteiger partial charge >= 0.3 is 0 Å². The molecule has 0 aliphatic carbocycles. The van der Waals surface area contributed by atoms with E-state index in [0.29, 0.717) is 11.2 Å². The molecule has 2 heterocycles. The molecule has 0 spiro atoms. The van der Waals surface area contributed by atoms with Gasteiger partial charge in [0.15, 0.2) is 0 Å². The Hall–Kier alpha value is -0.870. The fraction of sp³-hybridized carbons (Fsp3) is 0.667. The van der Waals surface area contributed by atoms with E-state index in [2.05, 4.69) is 28.7 Å². The van der Waals surface area contributed by atoms with Crippen LogP contribution < -0.4 is 4.90 Å². The largest absolute Gasteiger partial charge is 0.377 e. The van der Waals surface area contributed by atoms with Crippen molar-refractivity contribution < 1.29 is 4.74 Å². The molecule has 0 aromatic carbocycles. The summed E-state index contributed by atoms with van der Waals surface area (Å²) in [5.74, 6) is 0.975. The predicted molar refractivity (Wildman–Crippen MR) is 68.7 cm³/mol. The van der Waals surface area contributed by atoms with Crippen LogP contribution in [0.25, 0.3) is 0 Å². The van der Waals surface area contributed by atoms with Gasteiger partial charge in [0.2, 0.25) is 0 Å². The van der Waals surface area contributed by atoms with Crippen LogP contribution >= 0.6 is 11.6 Å². The topological polar surface area (TPSA) is 38.2 Å². The molecule has 0 bridgehead atoms. The van der Waals surface area contributed by atoms with Crippen LogP contribution in [0.5, 0.6) is 0 Å². The minimum Gasteiger partial charge on any atom is -0.377 e. The second-order valence-corrected chi connectivity index (χ2v) is 4.51. The number of halogens is 1. The van der Waals surface area contributed by atoms with E-state index in [1.165, 1.54) is 0 Å². The molecule has 1 unspecified atom stereocenters. The minimum atomic E-state index is 0.389. The van der Waals surface area contributed by atoms with Gasteiger partial charge in [-0.1, -0.05) is 25.4 Å². The van der Waals surface area contributed by atoms with Crippen molar-refractivity contribution in [3.05, 3.63) is 17.0 Å². The molecule has 17 heavy (non-hydrogen) atoms. The summed E-state index contributed by atoms with van der Waals surface area (Å²) >= 11 is 6.13. The first-order chi connectivity index (χ1) is 8.27. The molecule has 1 fully saturated rings. The molecule has 1 aliphatic rings. The highest BCUT2D eigenvalue weighted by molar-refractivity contribution is 6.30. The van der Waals surface area contributed by atoms with Crippen LogP contribution in [0.15, 0.2) is 6.33 Å². The maximum atomic E-state index is 6.13. The van der Waals surface area contributed by atoms with E-state index in [9.17, 15) is 0 Å². The molecule has 0 amide bonds. The summed E-state index contributed by atoms with van der Waals surface area (Å²) in [6, 6.07) is 0.389. The van der Waals surface area contributed by atoms with Crippen molar-refractivity contribution in [1.82, 2.24) is 9.97 Å². The van der Waals surface area contributed by atoms with Crippen molar-refractivity contribution in [1.29, 1.82) is 0 Å². The number of aromatic nitrogens is 2. The number of hydrogen-bond donors (Lipinski definition) is 0. The van der Waals surface area contributed by atoms with Crippen LogP contribution in [0.3, 0.4) is 0 Å². The van der Waals surface area contributed by atoms with Gasteiger partial charge in [-0.2, -0.15) is 0 Å². The Kier molecular flexibility index (Phi) is 4.18. The normalized spacial score (nSPS) is 20.6. The van der Waals surface area contributed by atoms with Crippen LogP contribution in [0.4, 0.5) is 5.82 Å². The highest BCUT2D eigenvalue weighted by Gasteiger charge is 2.25. The molecule has 5 heteroatoms.